The number of anilines is 3. The van der Waals surface area contributed by atoms with Gasteiger partial charge in [-0.05, 0) is 60.7 Å². The average Bonchev–Trinajstić information content (AvgIpc) is 2.94. The van der Waals surface area contributed by atoms with Gasteiger partial charge in [0.1, 0.15) is 0 Å². The number of benzene rings is 2. The number of pyridine rings is 3. The maximum Gasteiger partial charge on any atom is 0.335 e. The van der Waals surface area contributed by atoms with E-state index in [1.807, 2.05) is 72.8 Å². The van der Waals surface area contributed by atoms with Gasteiger partial charge in [0.15, 0.2) is 0 Å². The molecule has 5 rings (SSSR count). The molecule has 3 heterocycles. The average molecular weight is 489 g/mol. The summed E-state index contributed by atoms with van der Waals surface area (Å²) < 4.78 is 0. The number of para-hydroxylation sites is 2. The lowest BCUT2D eigenvalue weighted by Gasteiger charge is -2.25. The summed E-state index contributed by atoms with van der Waals surface area (Å²) in [5.74, 6) is -2.26. The maximum absolute atomic E-state index is 11.9. The van der Waals surface area contributed by atoms with Gasteiger partial charge in [-0.1, -0.05) is 36.4 Å². The number of aromatic nitrogens is 3. The molecule has 0 aliphatic heterocycles. The van der Waals surface area contributed by atoms with Crippen LogP contribution in [-0.4, -0.2) is 37.1 Å². The fraction of sp³-hybridized carbons (Fsp3) is 0. The third-order valence-corrected chi connectivity index (χ3v) is 5.63. The highest BCUT2D eigenvalue weighted by Crippen LogP contribution is 2.35. The Hall–Kier alpha value is -5.37. The maximum atomic E-state index is 11.9. The van der Waals surface area contributed by atoms with Crippen molar-refractivity contribution in [3.63, 3.8) is 0 Å². The van der Waals surface area contributed by atoms with E-state index in [1.165, 1.54) is 30.5 Å². The van der Waals surface area contributed by atoms with E-state index < -0.39 is 11.9 Å². The number of nitrogens with zero attached hydrogens (tertiary/aromatic N) is 4. The van der Waals surface area contributed by atoms with Gasteiger partial charge >= 0.3 is 11.9 Å². The molecule has 0 spiro atoms. The van der Waals surface area contributed by atoms with E-state index in [4.69, 9.17) is 0 Å². The zero-order chi connectivity index (χ0) is 25.8. The van der Waals surface area contributed by atoms with Gasteiger partial charge in [0, 0.05) is 29.5 Å². The van der Waals surface area contributed by atoms with Crippen LogP contribution in [0.5, 0.6) is 0 Å². The Bertz CT molecular complexity index is 1550. The molecule has 2 N–H and O–H groups in total. The Balaban J connectivity index is 1.64. The standard InChI is InChI=1S/C29H20N4O4/c34-28(35)19-11-13-30-24(15-19)26-16-20(29(36)37)17-27(32-26)25-18-23(12-14-31-25)33(21-7-3-1-4-8-21)22-9-5-2-6-10-22/h1-18H,(H,34,35)(H,36,37). The van der Waals surface area contributed by atoms with E-state index in [0.29, 0.717) is 11.4 Å². The van der Waals surface area contributed by atoms with Crippen LogP contribution in [0.4, 0.5) is 17.1 Å². The summed E-state index contributed by atoms with van der Waals surface area (Å²) in [7, 11) is 0. The summed E-state index contributed by atoms with van der Waals surface area (Å²) in [6.07, 6.45) is 2.99. The van der Waals surface area contributed by atoms with Crippen molar-refractivity contribution < 1.29 is 19.8 Å². The second-order valence-corrected chi connectivity index (χ2v) is 8.07. The van der Waals surface area contributed by atoms with Crippen LogP contribution in [0.25, 0.3) is 22.8 Å². The van der Waals surface area contributed by atoms with Crippen molar-refractivity contribution in [2.45, 2.75) is 0 Å². The lowest BCUT2D eigenvalue weighted by atomic mass is 10.1. The fourth-order valence-electron chi connectivity index (χ4n) is 3.92. The minimum atomic E-state index is -1.15. The molecule has 0 aliphatic carbocycles. The summed E-state index contributed by atoms with van der Waals surface area (Å²) >= 11 is 0. The molecular formula is C29H20N4O4. The van der Waals surface area contributed by atoms with Gasteiger partial charge in [0.05, 0.1) is 33.9 Å². The molecular weight excluding hydrogens is 468 g/mol. The number of aromatic carboxylic acids is 2. The summed E-state index contributed by atoms with van der Waals surface area (Å²) in [5.41, 5.74) is 3.94. The molecule has 0 saturated carbocycles. The Morgan fingerprint density at radius 2 is 1.03 bits per heavy atom. The molecule has 2 aromatic carbocycles. The van der Waals surface area contributed by atoms with Crippen LogP contribution in [-0.2, 0) is 0 Å². The largest absolute Gasteiger partial charge is 0.478 e. The van der Waals surface area contributed by atoms with Crippen molar-refractivity contribution in [1.29, 1.82) is 0 Å². The zero-order valence-corrected chi connectivity index (χ0v) is 19.4. The summed E-state index contributed by atoms with van der Waals surface area (Å²) in [5, 5.41) is 19.1. The number of carbonyl (C=O) groups is 2. The first-order valence-electron chi connectivity index (χ1n) is 11.3. The molecule has 0 bridgehead atoms. The molecule has 0 fully saturated rings. The van der Waals surface area contributed by atoms with Crippen molar-refractivity contribution >= 4 is 29.0 Å². The third kappa shape index (κ3) is 5.03. The van der Waals surface area contributed by atoms with Gasteiger partial charge in [-0.2, -0.15) is 0 Å². The van der Waals surface area contributed by atoms with Gasteiger partial charge < -0.3 is 15.1 Å². The SMILES string of the molecule is O=C(O)c1ccnc(-c2cc(C(=O)O)cc(-c3cc(N(c4ccccc4)c4ccccc4)ccn3)n2)c1. The Labute approximate surface area is 212 Å². The van der Waals surface area contributed by atoms with Crippen LogP contribution in [0.3, 0.4) is 0 Å². The second-order valence-electron chi connectivity index (χ2n) is 8.07. The minimum Gasteiger partial charge on any atom is -0.478 e. The topological polar surface area (TPSA) is 117 Å². The number of hydrogen-bond donors (Lipinski definition) is 2. The molecule has 8 heteroatoms. The molecule has 0 unspecified atom stereocenters. The zero-order valence-electron chi connectivity index (χ0n) is 19.4. The van der Waals surface area contributed by atoms with Gasteiger partial charge in [0.2, 0.25) is 0 Å². The van der Waals surface area contributed by atoms with Gasteiger partial charge in [-0.25, -0.2) is 14.6 Å². The molecule has 0 amide bonds. The van der Waals surface area contributed by atoms with E-state index in [9.17, 15) is 19.8 Å². The Kier molecular flexibility index (Phi) is 6.37. The highest BCUT2D eigenvalue weighted by Gasteiger charge is 2.17. The number of carboxylic acid groups (broad SMARTS) is 2. The number of hydrogen-bond acceptors (Lipinski definition) is 6. The fourth-order valence-corrected chi connectivity index (χ4v) is 3.92. The Morgan fingerprint density at radius 1 is 0.541 bits per heavy atom. The first kappa shape index (κ1) is 23.4. The van der Waals surface area contributed by atoms with Crippen LogP contribution < -0.4 is 4.90 Å². The highest BCUT2D eigenvalue weighted by atomic mass is 16.4. The van der Waals surface area contributed by atoms with Crippen LogP contribution in [0.1, 0.15) is 20.7 Å². The van der Waals surface area contributed by atoms with Crippen LogP contribution in [0.15, 0.2) is 109 Å². The number of rotatable bonds is 7. The van der Waals surface area contributed by atoms with Crippen LogP contribution >= 0.6 is 0 Å². The van der Waals surface area contributed by atoms with Crippen molar-refractivity contribution in [3.05, 3.63) is 121 Å². The quantitative estimate of drug-likeness (QED) is 0.283. The lowest BCUT2D eigenvalue weighted by Crippen LogP contribution is -2.10. The monoisotopic (exact) mass is 488 g/mol. The Morgan fingerprint density at radius 3 is 1.57 bits per heavy atom. The summed E-state index contributed by atoms with van der Waals surface area (Å²) in [4.78, 5) is 38.7. The molecule has 37 heavy (non-hydrogen) atoms. The van der Waals surface area contributed by atoms with Crippen molar-refractivity contribution in [2.24, 2.45) is 0 Å². The minimum absolute atomic E-state index is 0.0160. The molecule has 8 nitrogen and oxygen atoms in total. The van der Waals surface area contributed by atoms with E-state index in [0.717, 1.165) is 17.1 Å². The smallest absolute Gasteiger partial charge is 0.335 e. The van der Waals surface area contributed by atoms with Gasteiger partial charge in [0.25, 0.3) is 0 Å². The number of carboxylic acids is 2. The highest BCUT2D eigenvalue weighted by molar-refractivity contribution is 5.91. The summed E-state index contributed by atoms with van der Waals surface area (Å²) in [6.45, 7) is 0. The van der Waals surface area contributed by atoms with Crippen LogP contribution in [0, 0.1) is 0 Å². The van der Waals surface area contributed by atoms with Crippen molar-refractivity contribution in [1.82, 2.24) is 15.0 Å². The predicted molar refractivity (Wildman–Crippen MR) is 139 cm³/mol. The van der Waals surface area contributed by atoms with Crippen molar-refractivity contribution in [2.75, 3.05) is 4.90 Å². The van der Waals surface area contributed by atoms with Crippen molar-refractivity contribution in [3.8, 4) is 22.8 Å². The van der Waals surface area contributed by atoms with E-state index in [-0.39, 0.29) is 22.5 Å². The lowest BCUT2D eigenvalue weighted by molar-refractivity contribution is 0.0686. The third-order valence-electron chi connectivity index (χ3n) is 5.63. The van der Waals surface area contributed by atoms with E-state index in [1.54, 1.807) is 6.20 Å². The summed E-state index contributed by atoms with van der Waals surface area (Å²) in [6, 6.07) is 28.9. The predicted octanol–water partition coefficient (Wildman–Crippen LogP) is 6.07. The molecule has 0 aliphatic rings. The molecule has 0 radical (unpaired) electrons. The van der Waals surface area contributed by atoms with E-state index >= 15 is 0 Å². The molecule has 5 aromatic rings. The van der Waals surface area contributed by atoms with Crippen LogP contribution in [0.2, 0.25) is 0 Å². The molecule has 0 saturated heterocycles. The molecule has 0 atom stereocenters. The molecule has 180 valence electrons. The van der Waals surface area contributed by atoms with E-state index in [2.05, 4.69) is 19.9 Å². The second kappa shape index (κ2) is 10.1. The normalized spacial score (nSPS) is 10.6. The van der Waals surface area contributed by atoms with Gasteiger partial charge in [-0.3, -0.25) is 9.97 Å². The van der Waals surface area contributed by atoms with Gasteiger partial charge in [-0.15, -0.1) is 0 Å². The molecule has 3 aromatic heterocycles. The first-order valence-corrected chi connectivity index (χ1v) is 11.3. The first-order chi connectivity index (χ1) is 18.0.